The minimum Gasteiger partial charge on any atom is -0.383 e. The van der Waals surface area contributed by atoms with Crippen LogP contribution in [0.3, 0.4) is 0 Å². The van der Waals surface area contributed by atoms with Crippen LogP contribution in [0.15, 0.2) is 28.2 Å². The number of fused-ring (bicyclic) bond motifs is 1. The molecule has 4 amide bonds. The summed E-state index contributed by atoms with van der Waals surface area (Å²) in [6.45, 7) is 8.68. The molecule has 0 radical (unpaired) electrons. The standard InChI is InChI=1S/C10H14N4O2.2C9H16N4O.CH4N2O/c1-2-3-4-5-14-6-7-8(13-14)11-10(16)12-9(7)15;1-2-3-4-5-13-6-7(9(11)14)8(10)12-13;1-2-3-4-5-13-8(10)7(6-12-13)9(11)14;2-1(3)4/h6H,2-5H2,1H3,(H2,11,12,13,15,16);6H,2-5H2,1H3,(H2,10,12)(H2,11,14);6H,2-5,10H2,1H3,(H2,11,14);(H4,2,3,4). The van der Waals surface area contributed by atoms with Gasteiger partial charge in [-0.2, -0.15) is 15.3 Å². The number of primary amides is 4. The molecule has 0 spiro atoms. The molecule has 14 N–H and O–H groups in total. The predicted molar refractivity (Wildman–Crippen MR) is 184 cm³/mol. The Bertz CT molecular complexity index is 1680. The van der Waals surface area contributed by atoms with E-state index in [0.29, 0.717) is 28.0 Å². The van der Waals surface area contributed by atoms with Gasteiger partial charge < -0.3 is 34.4 Å². The van der Waals surface area contributed by atoms with E-state index in [9.17, 15) is 19.2 Å². The van der Waals surface area contributed by atoms with Crippen molar-refractivity contribution in [1.29, 1.82) is 0 Å². The van der Waals surface area contributed by atoms with Crippen LogP contribution in [0.25, 0.3) is 11.0 Å². The molecular formula is C29H50N14O5. The highest BCUT2D eigenvalue weighted by Crippen LogP contribution is 2.11. The van der Waals surface area contributed by atoms with Crippen molar-refractivity contribution < 1.29 is 14.4 Å². The second kappa shape index (κ2) is 21.2. The Morgan fingerprint density at radius 3 is 1.67 bits per heavy atom. The molecule has 4 heterocycles. The highest BCUT2D eigenvalue weighted by molar-refractivity contribution is 5.97. The molecular weight excluding hydrogens is 624 g/mol. The molecule has 0 atom stereocenters. The van der Waals surface area contributed by atoms with Crippen LogP contribution in [0.1, 0.15) is 99.3 Å². The molecule has 4 aromatic rings. The molecule has 0 aliphatic rings. The number of amides is 4. The zero-order chi connectivity index (χ0) is 36.2. The number of nitrogen functional groups attached to an aromatic ring is 2. The fourth-order valence-corrected chi connectivity index (χ4v) is 4.17. The molecule has 19 heteroatoms. The monoisotopic (exact) mass is 674 g/mol. The number of H-pyrrole nitrogens is 2. The van der Waals surface area contributed by atoms with Crippen LogP contribution >= 0.6 is 0 Å². The number of nitrogens with two attached hydrogens (primary N) is 6. The van der Waals surface area contributed by atoms with Crippen molar-refractivity contribution in [3.8, 4) is 0 Å². The molecule has 0 saturated carbocycles. The van der Waals surface area contributed by atoms with Crippen LogP contribution in [0.2, 0.25) is 0 Å². The summed E-state index contributed by atoms with van der Waals surface area (Å²) in [7, 11) is 0. The third-order valence-corrected chi connectivity index (χ3v) is 6.62. The number of aromatic nitrogens is 8. The van der Waals surface area contributed by atoms with E-state index in [1.54, 1.807) is 26.4 Å². The Balaban J connectivity index is 0.000000342. The lowest BCUT2D eigenvalue weighted by molar-refractivity contribution is 0.0992. The van der Waals surface area contributed by atoms with E-state index in [1.165, 1.54) is 6.20 Å². The molecule has 0 bridgehead atoms. The number of anilines is 2. The summed E-state index contributed by atoms with van der Waals surface area (Å²) >= 11 is 0. The first-order valence-electron chi connectivity index (χ1n) is 15.7. The number of urea groups is 1. The number of carbonyl (C=O) groups is 3. The largest absolute Gasteiger partial charge is 0.383 e. The van der Waals surface area contributed by atoms with Gasteiger partial charge in [0.1, 0.15) is 22.3 Å². The lowest BCUT2D eigenvalue weighted by Crippen LogP contribution is -2.21. The number of nitrogens with zero attached hydrogens (tertiary/aromatic N) is 6. The number of unbranched alkanes of at least 4 members (excludes halogenated alkanes) is 6. The lowest BCUT2D eigenvalue weighted by Gasteiger charge is -2.03. The molecule has 266 valence electrons. The topological polar surface area (TPSA) is 327 Å². The van der Waals surface area contributed by atoms with Crippen LogP contribution in [-0.4, -0.2) is 57.2 Å². The molecule has 19 nitrogen and oxygen atoms in total. The highest BCUT2D eigenvalue weighted by Gasteiger charge is 2.12. The Kier molecular flexibility index (Phi) is 17.9. The predicted octanol–water partition coefficient (Wildman–Crippen LogP) is 1.14. The van der Waals surface area contributed by atoms with Gasteiger partial charge in [0.05, 0.1) is 6.20 Å². The number of aromatic amines is 2. The van der Waals surface area contributed by atoms with Crippen LogP contribution in [0.5, 0.6) is 0 Å². The first kappa shape index (κ1) is 40.4. The van der Waals surface area contributed by atoms with Gasteiger partial charge in [-0.15, -0.1) is 0 Å². The quantitative estimate of drug-likeness (QED) is 0.0881. The van der Waals surface area contributed by atoms with Gasteiger partial charge in [0.15, 0.2) is 11.5 Å². The summed E-state index contributed by atoms with van der Waals surface area (Å²) in [6.07, 6.45) is 14.6. The summed E-state index contributed by atoms with van der Waals surface area (Å²) in [5, 5.41) is 12.6. The molecule has 0 aromatic carbocycles. The van der Waals surface area contributed by atoms with E-state index < -0.39 is 23.5 Å². The smallest absolute Gasteiger partial charge is 0.327 e. The molecule has 48 heavy (non-hydrogen) atoms. The molecule has 4 aromatic heterocycles. The Hall–Kier alpha value is -5.62. The van der Waals surface area contributed by atoms with Crippen LogP contribution in [0.4, 0.5) is 16.4 Å². The van der Waals surface area contributed by atoms with Crippen LogP contribution in [-0.2, 0) is 19.6 Å². The summed E-state index contributed by atoms with van der Waals surface area (Å²) in [6, 6.07) is -0.833. The van der Waals surface area contributed by atoms with Gasteiger partial charge in [-0.3, -0.25) is 33.7 Å². The van der Waals surface area contributed by atoms with Crippen LogP contribution < -0.4 is 45.7 Å². The zero-order valence-corrected chi connectivity index (χ0v) is 27.9. The van der Waals surface area contributed by atoms with E-state index in [-0.39, 0.29) is 11.4 Å². The maximum absolute atomic E-state index is 11.4. The summed E-state index contributed by atoms with van der Waals surface area (Å²) in [5.41, 5.74) is 30.0. The second-order valence-corrected chi connectivity index (χ2v) is 10.7. The SMILES string of the molecule is CCCCCn1cc(C(N)=O)c(N)n1.CCCCCn1cc2c(=O)[nH]c(=O)[nH]c2n1.CCCCCn1ncc(C(N)=O)c1N.NC(N)=O. The van der Waals surface area contributed by atoms with Crippen molar-refractivity contribution in [3.05, 3.63) is 50.6 Å². The molecule has 0 fully saturated rings. The fourth-order valence-electron chi connectivity index (χ4n) is 4.17. The van der Waals surface area contributed by atoms with E-state index in [2.05, 4.69) is 57.5 Å². The van der Waals surface area contributed by atoms with Crippen molar-refractivity contribution >= 4 is 40.5 Å². The fraction of sp³-hybridized carbons (Fsp3) is 0.517. The Morgan fingerprint density at radius 2 is 1.21 bits per heavy atom. The van der Waals surface area contributed by atoms with Crippen molar-refractivity contribution in [3.63, 3.8) is 0 Å². The third-order valence-electron chi connectivity index (χ3n) is 6.62. The van der Waals surface area contributed by atoms with Crippen molar-refractivity contribution in [2.45, 2.75) is 98.2 Å². The third kappa shape index (κ3) is 14.2. The number of hydrogen-bond acceptors (Lipinski definition) is 10. The first-order chi connectivity index (χ1) is 22.7. The average Bonchev–Trinajstić information content (AvgIpc) is 3.70. The molecule has 0 saturated heterocycles. The maximum Gasteiger partial charge on any atom is 0.327 e. The Morgan fingerprint density at radius 1 is 0.708 bits per heavy atom. The van der Waals surface area contributed by atoms with Gasteiger partial charge in [0.2, 0.25) is 0 Å². The molecule has 4 rings (SSSR count). The average molecular weight is 675 g/mol. The van der Waals surface area contributed by atoms with Crippen LogP contribution in [0, 0.1) is 0 Å². The van der Waals surface area contributed by atoms with E-state index in [1.807, 2.05) is 0 Å². The van der Waals surface area contributed by atoms with Crippen molar-refractivity contribution in [2.24, 2.45) is 22.9 Å². The second-order valence-electron chi connectivity index (χ2n) is 10.7. The van der Waals surface area contributed by atoms with Gasteiger partial charge in [-0.05, 0) is 19.3 Å². The first-order valence-corrected chi connectivity index (χ1v) is 15.7. The molecule has 0 aliphatic carbocycles. The van der Waals surface area contributed by atoms with Gasteiger partial charge in [0.25, 0.3) is 17.4 Å². The summed E-state index contributed by atoms with van der Waals surface area (Å²) < 4.78 is 4.99. The number of nitrogens with one attached hydrogen (secondary N) is 2. The van der Waals surface area contributed by atoms with E-state index in [0.717, 1.165) is 77.4 Å². The lowest BCUT2D eigenvalue weighted by atomic mass is 10.2. The zero-order valence-electron chi connectivity index (χ0n) is 27.9. The van der Waals surface area contributed by atoms with Gasteiger partial charge in [-0.1, -0.05) is 59.3 Å². The number of aryl methyl sites for hydroxylation is 3. The van der Waals surface area contributed by atoms with Crippen molar-refractivity contribution in [1.82, 2.24) is 39.3 Å². The maximum atomic E-state index is 11.4. The highest BCUT2D eigenvalue weighted by atomic mass is 16.2. The van der Waals surface area contributed by atoms with Crippen molar-refractivity contribution in [2.75, 3.05) is 11.5 Å². The number of hydrogen-bond donors (Lipinski definition) is 8. The van der Waals surface area contributed by atoms with E-state index >= 15 is 0 Å². The Labute approximate surface area is 277 Å². The van der Waals surface area contributed by atoms with Gasteiger partial charge >= 0.3 is 11.7 Å². The van der Waals surface area contributed by atoms with Gasteiger partial charge in [0, 0.05) is 32.0 Å². The summed E-state index contributed by atoms with van der Waals surface area (Å²) in [4.78, 5) is 57.8. The number of rotatable bonds is 14. The minimum atomic E-state index is -0.833. The van der Waals surface area contributed by atoms with Gasteiger partial charge in [-0.25, -0.2) is 14.3 Å². The minimum absolute atomic E-state index is 0.217. The van der Waals surface area contributed by atoms with E-state index in [4.69, 9.17) is 27.7 Å². The molecule has 0 unspecified atom stereocenters. The normalized spacial score (nSPS) is 10.2. The molecule has 0 aliphatic heterocycles. The summed E-state index contributed by atoms with van der Waals surface area (Å²) in [5.74, 6) is -0.462. The number of carbonyl (C=O) groups excluding carboxylic acids is 3.